The molecule has 1 saturated heterocycles. The van der Waals surface area contributed by atoms with Gasteiger partial charge >= 0.3 is 0 Å². The molecule has 1 amide bonds. The normalized spacial score (nSPS) is 17.2. The molecule has 2 aromatic rings. The Balaban J connectivity index is 0.00000150. The molecular formula is C20H29Cl2N3O2S2. The number of hydrogen-bond donors (Lipinski definition) is 2. The van der Waals surface area contributed by atoms with Gasteiger partial charge in [-0.25, -0.2) is 4.98 Å². The molecule has 9 heteroatoms. The Morgan fingerprint density at radius 3 is 2.72 bits per heavy atom. The van der Waals surface area contributed by atoms with E-state index in [1.165, 1.54) is 15.3 Å². The molecule has 0 aliphatic carbocycles. The van der Waals surface area contributed by atoms with Crippen LogP contribution in [0.15, 0.2) is 6.07 Å². The summed E-state index contributed by atoms with van der Waals surface area (Å²) in [5.74, 6) is 0.0463. The maximum Gasteiger partial charge on any atom is 0.261 e. The molecule has 4 rings (SSSR count). The molecule has 2 aliphatic heterocycles. The Labute approximate surface area is 192 Å². The van der Waals surface area contributed by atoms with Crippen LogP contribution in [-0.2, 0) is 23.2 Å². The molecular weight excluding hydrogens is 449 g/mol. The second-order valence-corrected chi connectivity index (χ2v) is 9.82. The quantitative estimate of drug-likeness (QED) is 0.633. The van der Waals surface area contributed by atoms with Crippen molar-refractivity contribution < 1.29 is 9.53 Å². The molecule has 2 N–H and O–H groups in total. The first kappa shape index (κ1) is 24.6. The van der Waals surface area contributed by atoms with Gasteiger partial charge in [-0.1, -0.05) is 0 Å². The van der Waals surface area contributed by atoms with Crippen LogP contribution >= 0.6 is 47.5 Å². The highest BCUT2D eigenvalue weighted by molar-refractivity contribution is 7.14. The number of amides is 1. The molecule has 5 nitrogen and oxygen atoms in total. The van der Waals surface area contributed by atoms with E-state index in [4.69, 9.17) is 4.74 Å². The molecule has 162 valence electrons. The van der Waals surface area contributed by atoms with Crippen molar-refractivity contribution in [2.24, 2.45) is 0 Å². The minimum absolute atomic E-state index is 0. The number of ether oxygens (including phenoxy) is 1. The number of fused-ring (bicyclic) bond motifs is 2. The summed E-state index contributed by atoms with van der Waals surface area (Å²) >= 11 is 3.41. The molecule has 1 fully saturated rings. The largest absolute Gasteiger partial charge is 0.370 e. The molecule has 0 atom stereocenters. The molecule has 29 heavy (non-hydrogen) atoms. The maximum absolute atomic E-state index is 12.6. The first-order chi connectivity index (χ1) is 13.1. The predicted octanol–water partition coefficient (Wildman–Crippen LogP) is 4.18. The lowest BCUT2D eigenvalue weighted by molar-refractivity contribution is -0.0792. The molecule has 0 saturated carbocycles. The van der Waals surface area contributed by atoms with Crippen LogP contribution in [0.2, 0.25) is 0 Å². The van der Waals surface area contributed by atoms with Gasteiger partial charge in [0.1, 0.15) is 0 Å². The molecule has 0 radical (unpaired) electrons. The summed E-state index contributed by atoms with van der Waals surface area (Å²) in [5.41, 5.74) is 2.21. The smallest absolute Gasteiger partial charge is 0.261 e. The minimum Gasteiger partial charge on any atom is -0.370 e. The van der Waals surface area contributed by atoms with Crippen LogP contribution in [0, 0.1) is 13.8 Å². The third kappa shape index (κ3) is 5.32. The average molecular weight is 479 g/mol. The number of carbonyl (C=O) groups is 1. The number of carbonyl (C=O) groups excluding carboxylic acids is 1. The summed E-state index contributed by atoms with van der Waals surface area (Å²) in [6.45, 7) is 7.56. The highest BCUT2D eigenvalue weighted by Crippen LogP contribution is 2.43. The van der Waals surface area contributed by atoms with Gasteiger partial charge in [0.25, 0.3) is 5.91 Å². The van der Waals surface area contributed by atoms with E-state index >= 15 is 0 Å². The Hall–Kier alpha value is -0.700. The Morgan fingerprint density at radius 2 is 2.03 bits per heavy atom. The van der Waals surface area contributed by atoms with E-state index in [0.717, 1.165) is 67.4 Å². The van der Waals surface area contributed by atoms with Crippen LogP contribution in [0.3, 0.4) is 0 Å². The first-order valence-electron chi connectivity index (χ1n) is 9.76. The van der Waals surface area contributed by atoms with Gasteiger partial charge < -0.3 is 15.4 Å². The molecule has 0 unspecified atom stereocenters. The van der Waals surface area contributed by atoms with Crippen molar-refractivity contribution in [1.82, 2.24) is 15.6 Å². The van der Waals surface area contributed by atoms with Gasteiger partial charge in [0.15, 0.2) is 0 Å². The van der Waals surface area contributed by atoms with Crippen molar-refractivity contribution in [3.05, 3.63) is 37.0 Å². The van der Waals surface area contributed by atoms with Gasteiger partial charge in [-0.05, 0) is 57.8 Å². The Bertz CT molecular complexity index is 812. The summed E-state index contributed by atoms with van der Waals surface area (Å²) in [4.78, 5) is 20.6. The molecule has 0 bridgehead atoms. The lowest BCUT2D eigenvalue weighted by Crippen LogP contribution is -2.44. The van der Waals surface area contributed by atoms with Crippen molar-refractivity contribution in [3.8, 4) is 0 Å². The number of rotatable bonds is 5. The van der Waals surface area contributed by atoms with Crippen molar-refractivity contribution in [2.45, 2.75) is 51.6 Å². The second-order valence-electron chi connectivity index (χ2n) is 7.40. The van der Waals surface area contributed by atoms with Crippen LogP contribution in [-0.4, -0.2) is 37.1 Å². The monoisotopic (exact) mass is 477 g/mol. The highest BCUT2D eigenvalue weighted by atomic mass is 35.5. The SMILES string of the molecule is Cc1nc(CCCNC(=O)c2cc3c(s2)CCOC32CCNCC2)sc1C.Cl.Cl. The fourth-order valence-corrected chi connectivity index (χ4v) is 6.07. The second kappa shape index (κ2) is 10.6. The van der Waals surface area contributed by atoms with Gasteiger partial charge in [-0.15, -0.1) is 47.5 Å². The lowest BCUT2D eigenvalue weighted by Gasteiger charge is -2.40. The van der Waals surface area contributed by atoms with Crippen molar-refractivity contribution in [3.63, 3.8) is 0 Å². The topological polar surface area (TPSA) is 63.2 Å². The zero-order chi connectivity index (χ0) is 18.9. The molecule has 2 aliphatic rings. The Morgan fingerprint density at radius 1 is 1.28 bits per heavy atom. The number of nitrogens with one attached hydrogen (secondary N) is 2. The molecule has 4 heterocycles. The van der Waals surface area contributed by atoms with Crippen LogP contribution in [0.25, 0.3) is 0 Å². The lowest BCUT2D eigenvalue weighted by atomic mass is 9.83. The number of thiophene rings is 1. The highest BCUT2D eigenvalue weighted by Gasteiger charge is 2.40. The Kier molecular flexibility index (Phi) is 8.94. The fraction of sp³-hybridized carbons (Fsp3) is 0.600. The molecule has 2 aromatic heterocycles. The van der Waals surface area contributed by atoms with E-state index in [1.54, 1.807) is 22.7 Å². The third-order valence-corrected chi connectivity index (χ3v) is 7.89. The number of piperidine rings is 1. The van der Waals surface area contributed by atoms with Gasteiger partial charge in [0, 0.05) is 29.1 Å². The summed E-state index contributed by atoms with van der Waals surface area (Å²) in [5, 5.41) is 7.66. The predicted molar refractivity (Wildman–Crippen MR) is 124 cm³/mol. The number of aromatic nitrogens is 1. The fourth-order valence-electron chi connectivity index (χ4n) is 3.95. The van der Waals surface area contributed by atoms with Crippen molar-refractivity contribution in [2.75, 3.05) is 26.2 Å². The van der Waals surface area contributed by atoms with E-state index in [1.807, 2.05) is 0 Å². The van der Waals surface area contributed by atoms with Crippen molar-refractivity contribution >= 4 is 53.4 Å². The van der Waals surface area contributed by atoms with E-state index < -0.39 is 0 Å². The standard InChI is InChI=1S/C20H27N3O2S2.2ClH/c1-13-14(2)26-18(23-13)4-3-8-22-19(24)17-12-15-16(27-17)5-11-25-20(15)6-9-21-10-7-20;;/h12,21H,3-11H2,1-2H3,(H,22,24);2*1H. The summed E-state index contributed by atoms with van der Waals surface area (Å²) < 4.78 is 6.21. The first-order valence-corrected chi connectivity index (χ1v) is 11.4. The van der Waals surface area contributed by atoms with E-state index in [0.29, 0.717) is 6.54 Å². The minimum atomic E-state index is -0.172. The van der Waals surface area contributed by atoms with Gasteiger partial charge in [0.2, 0.25) is 0 Å². The molecule has 0 aromatic carbocycles. The number of nitrogens with zero attached hydrogens (tertiary/aromatic N) is 1. The van der Waals surface area contributed by atoms with Gasteiger partial charge in [0.05, 0.1) is 27.8 Å². The van der Waals surface area contributed by atoms with Crippen LogP contribution < -0.4 is 10.6 Å². The third-order valence-electron chi connectivity index (χ3n) is 5.57. The van der Waals surface area contributed by atoms with Gasteiger partial charge in [-0.2, -0.15) is 0 Å². The maximum atomic E-state index is 12.6. The summed E-state index contributed by atoms with van der Waals surface area (Å²) in [6.07, 6.45) is 4.74. The summed E-state index contributed by atoms with van der Waals surface area (Å²) in [6, 6.07) is 2.09. The number of thiazole rings is 1. The molecule has 1 spiro atoms. The zero-order valence-electron chi connectivity index (χ0n) is 16.8. The zero-order valence-corrected chi connectivity index (χ0v) is 20.1. The summed E-state index contributed by atoms with van der Waals surface area (Å²) in [7, 11) is 0. The number of halogens is 2. The van der Waals surface area contributed by atoms with E-state index in [9.17, 15) is 4.79 Å². The van der Waals surface area contributed by atoms with Crippen LogP contribution in [0.5, 0.6) is 0 Å². The van der Waals surface area contributed by atoms with Crippen molar-refractivity contribution in [1.29, 1.82) is 0 Å². The van der Waals surface area contributed by atoms with E-state index in [-0.39, 0.29) is 36.3 Å². The van der Waals surface area contributed by atoms with E-state index in [2.05, 4.69) is 35.5 Å². The number of aryl methyl sites for hydroxylation is 3. The van der Waals surface area contributed by atoms with Crippen LogP contribution in [0.4, 0.5) is 0 Å². The number of hydrogen-bond acceptors (Lipinski definition) is 6. The van der Waals surface area contributed by atoms with Gasteiger partial charge in [-0.3, -0.25) is 4.79 Å². The van der Waals surface area contributed by atoms with Crippen LogP contribution in [0.1, 0.15) is 55.0 Å². The average Bonchev–Trinajstić information content (AvgIpc) is 3.24.